The number of carbonyl (C=O) groups excluding carboxylic acids is 2. The first-order chi connectivity index (χ1) is 8.46. The van der Waals surface area contributed by atoms with E-state index in [1.165, 1.54) is 0 Å². The van der Waals surface area contributed by atoms with Crippen LogP contribution in [-0.4, -0.2) is 43.4 Å². The highest BCUT2D eigenvalue weighted by Crippen LogP contribution is 2.14. The summed E-state index contributed by atoms with van der Waals surface area (Å²) >= 11 is 0. The van der Waals surface area contributed by atoms with E-state index in [9.17, 15) is 9.59 Å². The molecule has 0 fully saturated rings. The highest BCUT2D eigenvalue weighted by Gasteiger charge is 2.24. The van der Waals surface area contributed by atoms with Gasteiger partial charge in [-0.05, 0) is 18.8 Å². The van der Waals surface area contributed by atoms with Crippen LogP contribution in [-0.2, 0) is 9.59 Å². The van der Waals surface area contributed by atoms with Crippen molar-refractivity contribution in [3.63, 3.8) is 0 Å². The molecule has 2 amide bonds. The lowest BCUT2D eigenvalue weighted by Crippen LogP contribution is -2.44. The lowest BCUT2D eigenvalue weighted by atomic mass is 9.95. The molecular weight excluding hydrogens is 230 g/mol. The number of nitrogens with zero attached hydrogens (tertiary/aromatic N) is 1. The van der Waals surface area contributed by atoms with Crippen molar-refractivity contribution in [1.82, 2.24) is 10.2 Å². The van der Waals surface area contributed by atoms with Gasteiger partial charge in [0.05, 0.1) is 12.5 Å². The lowest BCUT2D eigenvalue weighted by Gasteiger charge is -2.26. The van der Waals surface area contributed by atoms with Crippen LogP contribution in [0.3, 0.4) is 0 Å². The van der Waals surface area contributed by atoms with E-state index < -0.39 is 0 Å². The molecule has 5 nitrogen and oxygen atoms in total. The second-order valence-electron chi connectivity index (χ2n) is 5.00. The summed E-state index contributed by atoms with van der Waals surface area (Å²) in [5, 5.41) is 2.54. The van der Waals surface area contributed by atoms with Gasteiger partial charge in [0, 0.05) is 20.1 Å². The molecule has 0 aliphatic carbocycles. The van der Waals surface area contributed by atoms with Crippen molar-refractivity contribution in [2.24, 2.45) is 17.6 Å². The molecule has 0 aliphatic rings. The zero-order valence-corrected chi connectivity index (χ0v) is 12.0. The predicted molar refractivity (Wildman–Crippen MR) is 72.9 cm³/mol. The second kappa shape index (κ2) is 8.91. The van der Waals surface area contributed by atoms with Crippen LogP contribution < -0.4 is 11.1 Å². The lowest BCUT2D eigenvalue weighted by molar-refractivity contribution is -0.139. The van der Waals surface area contributed by atoms with Crippen LogP contribution in [0.15, 0.2) is 0 Å². The van der Waals surface area contributed by atoms with Crippen LogP contribution in [0.2, 0.25) is 0 Å². The van der Waals surface area contributed by atoms with Crippen LogP contribution in [0.1, 0.15) is 33.6 Å². The Labute approximate surface area is 110 Å². The average molecular weight is 257 g/mol. The molecule has 18 heavy (non-hydrogen) atoms. The van der Waals surface area contributed by atoms with E-state index in [0.29, 0.717) is 19.0 Å². The molecule has 0 aromatic carbocycles. The molecule has 1 unspecified atom stereocenters. The fourth-order valence-electron chi connectivity index (χ4n) is 1.91. The molecule has 0 saturated carbocycles. The Bertz CT molecular complexity index is 267. The third-order valence-corrected chi connectivity index (χ3v) is 2.81. The average Bonchev–Trinajstić information content (AvgIpc) is 2.34. The van der Waals surface area contributed by atoms with E-state index >= 15 is 0 Å². The molecule has 0 saturated heterocycles. The maximum Gasteiger partial charge on any atom is 0.239 e. The number of hydrogen-bond donors (Lipinski definition) is 2. The minimum atomic E-state index is -0.179. The van der Waals surface area contributed by atoms with Gasteiger partial charge in [-0.25, -0.2) is 0 Å². The molecule has 0 aliphatic heterocycles. The summed E-state index contributed by atoms with van der Waals surface area (Å²) in [6.07, 6.45) is 1.60. The summed E-state index contributed by atoms with van der Waals surface area (Å²) in [6.45, 7) is 7.19. The highest BCUT2D eigenvalue weighted by molar-refractivity contribution is 5.85. The molecule has 1 atom stereocenters. The van der Waals surface area contributed by atoms with Crippen molar-refractivity contribution in [3.8, 4) is 0 Å². The van der Waals surface area contributed by atoms with Crippen LogP contribution in [0.5, 0.6) is 0 Å². The van der Waals surface area contributed by atoms with Gasteiger partial charge in [0.25, 0.3) is 0 Å². The first-order valence-electron chi connectivity index (χ1n) is 6.65. The Morgan fingerprint density at radius 1 is 1.33 bits per heavy atom. The number of hydrogen-bond acceptors (Lipinski definition) is 3. The molecular formula is C13H27N3O2. The third kappa shape index (κ3) is 6.00. The summed E-state index contributed by atoms with van der Waals surface area (Å²) in [5.74, 6) is 0.0981. The van der Waals surface area contributed by atoms with Crippen LogP contribution in [0, 0.1) is 11.8 Å². The summed E-state index contributed by atoms with van der Waals surface area (Å²) < 4.78 is 0. The molecule has 0 aromatic heterocycles. The summed E-state index contributed by atoms with van der Waals surface area (Å²) in [7, 11) is 1.57. The van der Waals surface area contributed by atoms with Gasteiger partial charge in [-0.2, -0.15) is 0 Å². The molecule has 5 heteroatoms. The number of rotatable bonds is 8. The molecule has 0 radical (unpaired) electrons. The second-order valence-corrected chi connectivity index (χ2v) is 5.00. The Morgan fingerprint density at radius 3 is 2.33 bits per heavy atom. The number of likely N-dealkylation sites (N-methyl/N-ethyl adjacent to an activating group) is 1. The zero-order chi connectivity index (χ0) is 14.1. The van der Waals surface area contributed by atoms with Gasteiger partial charge in [-0.1, -0.05) is 20.8 Å². The van der Waals surface area contributed by atoms with E-state index in [1.54, 1.807) is 11.9 Å². The van der Waals surface area contributed by atoms with Crippen molar-refractivity contribution in [2.45, 2.75) is 33.6 Å². The van der Waals surface area contributed by atoms with Crippen LogP contribution in [0.25, 0.3) is 0 Å². The predicted octanol–water partition coefficient (Wildman–Crippen LogP) is 0.592. The molecule has 3 N–H and O–H groups in total. The molecule has 106 valence electrons. The van der Waals surface area contributed by atoms with Gasteiger partial charge < -0.3 is 16.0 Å². The minimum absolute atomic E-state index is 0.00310. The van der Waals surface area contributed by atoms with Gasteiger partial charge in [0.15, 0.2) is 0 Å². The highest BCUT2D eigenvalue weighted by atomic mass is 16.2. The van der Waals surface area contributed by atoms with Gasteiger partial charge in [-0.3, -0.25) is 9.59 Å². The minimum Gasteiger partial charge on any atom is -0.358 e. The topological polar surface area (TPSA) is 75.4 Å². The van der Waals surface area contributed by atoms with E-state index in [-0.39, 0.29) is 24.3 Å². The fourth-order valence-corrected chi connectivity index (χ4v) is 1.91. The van der Waals surface area contributed by atoms with E-state index in [4.69, 9.17) is 5.73 Å². The number of nitrogens with two attached hydrogens (primary N) is 1. The maximum absolute atomic E-state index is 12.3. The number of carbonyl (C=O) groups is 2. The standard InChI is InChI=1S/C13H27N3O2/c1-5-6-16(9-12(17)15-4)13(18)11(8-14)7-10(2)3/h10-11H,5-9,14H2,1-4H3,(H,15,17). The summed E-state index contributed by atoms with van der Waals surface area (Å²) in [5.41, 5.74) is 5.67. The summed E-state index contributed by atoms with van der Waals surface area (Å²) in [4.78, 5) is 25.3. The maximum atomic E-state index is 12.3. The SMILES string of the molecule is CCCN(CC(=O)NC)C(=O)C(CN)CC(C)C. The van der Waals surface area contributed by atoms with E-state index in [2.05, 4.69) is 19.2 Å². The van der Waals surface area contributed by atoms with Crippen molar-refractivity contribution in [2.75, 3.05) is 26.7 Å². The molecule has 0 rings (SSSR count). The molecule has 0 aromatic rings. The van der Waals surface area contributed by atoms with Crippen molar-refractivity contribution < 1.29 is 9.59 Å². The molecule has 0 spiro atoms. The first-order valence-corrected chi connectivity index (χ1v) is 6.65. The summed E-state index contributed by atoms with van der Waals surface area (Å²) in [6, 6.07) is 0. The Morgan fingerprint density at radius 2 is 1.94 bits per heavy atom. The van der Waals surface area contributed by atoms with Gasteiger partial charge >= 0.3 is 0 Å². The fraction of sp³-hybridized carbons (Fsp3) is 0.846. The van der Waals surface area contributed by atoms with Crippen LogP contribution >= 0.6 is 0 Å². The van der Waals surface area contributed by atoms with Gasteiger partial charge in [0.1, 0.15) is 0 Å². The number of nitrogens with one attached hydrogen (secondary N) is 1. The monoisotopic (exact) mass is 257 g/mol. The molecule has 0 bridgehead atoms. The zero-order valence-electron chi connectivity index (χ0n) is 12.0. The van der Waals surface area contributed by atoms with Crippen molar-refractivity contribution in [1.29, 1.82) is 0 Å². The quantitative estimate of drug-likeness (QED) is 0.668. The Balaban J connectivity index is 4.65. The van der Waals surface area contributed by atoms with Crippen molar-refractivity contribution in [3.05, 3.63) is 0 Å². The van der Waals surface area contributed by atoms with Gasteiger partial charge in [-0.15, -0.1) is 0 Å². The Kier molecular flexibility index (Phi) is 8.37. The molecule has 0 heterocycles. The van der Waals surface area contributed by atoms with Gasteiger partial charge in [0.2, 0.25) is 11.8 Å². The Hall–Kier alpha value is -1.10. The third-order valence-electron chi connectivity index (χ3n) is 2.81. The largest absolute Gasteiger partial charge is 0.358 e. The van der Waals surface area contributed by atoms with E-state index in [1.807, 2.05) is 6.92 Å². The van der Waals surface area contributed by atoms with E-state index in [0.717, 1.165) is 12.8 Å². The first kappa shape index (κ1) is 16.9. The van der Waals surface area contributed by atoms with Crippen molar-refractivity contribution >= 4 is 11.8 Å². The van der Waals surface area contributed by atoms with Crippen LogP contribution in [0.4, 0.5) is 0 Å². The number of amides is 2. The smallest absolute Gasteiger partial charge is 0.239 e. The normalized spacial score (nSPS) is 12.3.